The van der Waals surface area contributed by atoms with Gasteiger partial charge >= 0.3 is 19.0 Å². The minimum atomic E-state index is -7.21. The number of likely N-dealkylation sites (tertiary alicyclic amines) is 1. The van der Waals surface area contributed by atoms with Crippen LogP contribution in [0.25, 0.3) is 0 Å². The fourth-order valence-electron chi connectivity index (χ4n) is 2.51. The van der Waals surface area contributed by atoms with Gasteiger partial charge in [-0.3, -0.25) is 0 Å². The van der Waals surface area contributed by atoms with E-state index in [2.05, 4.69) is 13.8 Å². The van der Waals surface area contributed by atoms with E-state index in [0.29, 0.717) is 0 Å². The quantitative estimate of drug-likeness (QED) is 0.236. The second kappa shape index (κ2) is 9.94. The molecule has 1 saturated heterocycles. The highest BCUT2D eigenvalue weighted by atomic mass is 19.4. The van der Waals surface area contributed by atoms with E-state index in [0.717, 1.165) is 19.8 Å². The van der Waals surface area contributed by atoms with E-state index < -0.39 is 19.0 Å². The first-order chi connectivity index (χ1) is 11.3. The van der Waals surface area contributed by atoms with Gasteiger partial charge in [-0.15, -0.1) is 0 Å². The fourth-order valence-corrected chi connectivity index (χ4v) is 2.51. The summed E-state index contributed by atoms with van der Waals surface area (Å²) >= 11 is 0. The van der Waals surface area contributed by atoms with Crippen molar-refractivity contribution < 1.29 is 44.1 Å². The normalized spacial score (nSPS) is 18.0. The van der Waals surface area contributed by atoms with Gasteiger partial charge in [0.1, 0.15) is 0 Å². The summed E-state index contributed by atoms with van der Waals surface area (Å²) in [5.74, 6) is -6.56. The molecule has 0 spiro atoms. The van der Waals surface area contributed by atoms with Crippen molar-refractivity contribution in [1.82, 2.24) is 0 Å². The Balaban J connectivity index is 0.000000477. The highest BCUT2D eigenvalue weighted by molar-refractivity contribution is 6.61. The summed E-state index contributed by atoms with van der Waals surface area (Å²) in [5.41, 5.74) is 0. The summed E-state index contributed by atoms with van der Waals surface area (Å²) in [5, 5.41) is 0. The Hall–Kier alpha value is -0.575. The number of rotatable bonds is 8. The fraction of sp³-hybridized carbons (Fsp3) is 1.00. The zero-order chi connectivity index (χ0) is 19.8. The number of ether oxygens (including phenoxy) is 1. The molecule has 0 radical (unpaired) electrons. The van der Waals surface area contributed by atoms with Crippen LogP contribution < -0.4 is 0 Å². The molecule has 1 fully saturated rings. The zero-order valence-electron chi connectivity index (χ0n) is 14.5. The van der Waals surface area contributed by atoms with Crippen molar-refractivity contribution in [3.63, 3.8) is 0 Å². The summed E-state index contributed by atoms with van der Waals surface area (Å²) < 4.78 is 94.8. The van der Waals surface area contributed by atoms with Gasteiger partial charge < -0.3 is 22.2 Å². The van der Waals surface area contributed by atoms with Crippen LogP contribution in [0.4, 0.5) is 34.9 Å². The molecular weight excluding hydrogens is 361 g/mol. The van der Waals surface area contributed by atoms with Crippen molar-refractivity contribution in [2.45, 2.75) is 57.9 Å². The number of halogens is 8. The van der Waals surface area contributed by atoms with E-state index in [1.807, 2.05) is 0 Å². The SMILES string of the molecule is CCCC[N+]1(COCCC)CCCC1.F[B-](F)(F)C(F)(F)C(F)(F)F. The van der Waals surface area contributed by atoms with Gasteiger partial charge in [-0.05, 0) is 12.8 Å². The van der Waals surface area contributed by atoms with Crippen molar-refractivity contribution in [2.75, 3.05) is 33.0 Å². The monoisotopic (exact) mass is 387 g/mol. The summed E-state index contributed by atoms with van der Waals surface area (Å²) in [6, 6.07) is 0. The van der Waals surface area contributed by atoms with Crippen LogP contribution in [0.5, 0.6) is 0 Å². The topological polar surface area (TPSA) is 9.23 Å². The highest BCUT2D eigenvalue weighted by Crippen LogP contribution is 2.44. The molecule has 0 unspecified atom stereocenters. The van der Waals surface area contributed by atoms with Crippen LogP contribution in [-0.4, -0.2) is 56.4 Å². The number of quaternary nitrogens is 1. The number of alkyl halides is 5. The van der Waals surface area contributed by atoms with E-state index in [1.54, 1.807) is 0 Å². The van der Waals surface area contributed by atoms with Gasteiger partial charge in [0, 0.05) is 12.8 Å². The Morgan fingerprint density at radius 3 is 1.76 bits per heavy atom. The van der Waals surface area contributed by atoms with Crippen molar-refractivity contribution >= 4 is 6.98 Å². The molecule has 2 nitrogen and oxygen atoms in total. The van der Waals surface area contributed by atoms with Crippen LogP contribution in [0, 0.1) is 0 Å². The minimum absolute atomic E-state index is 0.937. The predicted octanol–water partition coefficient (Wildman–Crippen LogP) is 5.35. The predicted molar refractivity (Wildman–Crippen MR) is 80.2 cm³/mol. The molecule has 152 valence electrons. The maximum atomic E-state index is 11.2. The number of hydrogen-bond donors (Lipinski definition) is 0. The summed E-state index contributed by atoms with van der Waals surface area (Å²) in [6.07, 6.45) is 0.0701. The van der Waals surface area contributed by atoms with Crippen molar-refractivity contribution in [3.8, 4) is 0 Å². The van der Waals surface area contributed by atoms with Gasteiger partial charge in [-0.1, -0.05) is 20.3 Å². The van der Waals surface area contributed by atoms with Crippen molar-refractivity contribution in [3.05, 3.63) is 0 Å². The van der Waals surface area contributed by atoms with Crippen LogP contribution in [0.15, 0.2) is 0 Å². The average Bonchev–Trinajstić information content (AvgIpc) is 2.93. The second-order valence-electron chi connectivity index (χ2n) is 6.31. The molecule has 1 aliphatic heterocycles. The Bertz CT molecular complexity index is 351. The number of unbranched alkanes of at least 4 members (excludes halogenated alkanes) is 1. The van der Waals surface area contributed by atoms with Crippen molar-refractivity contribution in [1.29, 1.82) is 0 Å². The molecular formula is C14H26BF8NO. The van der Waals surface area contributed by atoms with E-state index in [1.165, 1.54) is 49.8 Å². The van der Waals surface area contributed by atoms with Gasteiger partial charge in [0.05, 0.1) is 26.2 Å². The molecule has 0 amide bonds. The first-order valence-electron chi connectivity index (χ1n) is 8.39. The third-order valence-electron chi connectivity index (χ3n) is 4.00. The lowest BCUT2D eigenvalue weighted by molar-refractivity contribution is -0.935. The van der Waals surface area contributed by atoms with Gasteiger partial charge in [-0.25, -0.2) is 8.78 Å². The zero-order valence-corrected chi connectivity index (χ0v) is 14.5. The lowest BCUT2D eigenvalue weighted by Gasteiger charge is -2.33. The van der Waals surface area contributed by atoms with Gasteiger partial charge in [-0.2, -0.15) is 13.2 Å². The molecule has 0 saturated carbocycles. The lowest BCUT2D eigenvalue weighted by atomic mass is 9.80. The Morgan fingerprint density at radius 2 is 1.44 bits per heavy atom. The Morgan fingerprint density at radius 1 is 0.920 bits per heavy atom. The van der Waals surface area contributed by atoms with Gasteiger partial charge in [0.15, 0.2) is 6.73 Å². The first-order valence-corrected chi connectivity index (χ1v) is 8.39. The third kappa shape index (κ3) is 7.68. The minimum Gasteiger partial charge on any atom is -0.445 e. The van der Waals surface area contributed by atoms with Crippen LogP contribution in [-0.2, 0) is 4.74 Å². The molecule has 0 aromatic rings. The van der Waals surface area contributed by atoms with Crippen LogP contribution in [0.2, 0.25) is 0 Å². The van der Waals surface area contributed by atoms with E-state index in [4.69, 9.17) is 4.74 Å². The average molecular weight is 387 g/mol. The summed E-state index contributed by atoms with van der Waals surface area (Å²) in [7, 11) is 0. The molecule has 0 N–H and O–H groups in total. The lowest BCUT2D eigenvalue weighted by Crippen LogP contribution is -2.53. The first kappa shape index (κ1) is 24.4. The van der Waals surface area contributed by atoms with Gasteiger partial charge in [0.25, 0.3) is 0 Å². The molecule has 0 aromatic heterocycles. The number of nitrogens with zero attached hydrogens (tertiary/aromatic N) is 1. The molecule has 1 rings (SSSR count). The largest absolute Gasteiger partial charge is 0.558 e. The van der Waals surface area contributed by atoms with E-state index in [9.17, 15) is 34.9 Å². The highest BCUT2D eigenvalue weighted by Gasteiger charge is 2.69. The molecule has 0 atom stereocenters. The molecule has 0 bridgehead atoms. The van der Waals surface area contributed by atoms with Crippen molar-refractivity contribution in [2.24, 2.45) is 0 Å². The third-order valence-corrected chi connectivity index (χ3v) is 4.00. The second-order valence-corrected chi connectivity index (χ2v) is 6.31. The summed E-state index contributed by atoms with van der Waals surface area (Å²) in [6.45, 7) is 3.19. The molecule has 0 aliphatic carbocycles. The van der Waals surface area contributed by atoms with E-state index >= 15 is 0 Å². The molecule has 1 aliphatic rings. The van der Waals surface area contributed by atoms with Crippen LogP contribution >= 0.6 is 0 Å². The molecule has 0 aromatic carbocycles. The molecule has 1 heterocycles. The smallest absolute Gasteiger partial charge is 0.445 e. The maximum absolute atomic E-state index is 11.2. The maximum Gasteiger partial charge on any atom is 0.558 e. The van der Waals surface area contributed by atoms with E-state index in [-0.39, 0.29) is 0 Å². The van der Waals surface area contributed by atoms with Crippen LogP contribution in [0.1, 0.15) is 46.0 Å². The standard InChI is InChI=1S/C12H26NO.C2BF8/c1-3-5-8-13(9-6-7-10-13)12-14-11-4-2;4-1(5,2(6,7)8)3(9,10)11/h3-12H2,1-2H3;/q+1;-1. The summed E-state index contributed by atoms with van der Waals surface area (Å²) in [4.78, 5) is 0. The van der Waals surface area contributed by atoms with Gasteiger partial charge in [0.2, 0.25) is 0 Å². The Kier molecular flexibility index (Phi) is 9.71. The molecule has 25 heavy (non-hydrogen) atoms. The molecule has 11 heteroatoms. The van der Waals surface area contributed by atoms with Crippen LogP contribution in [0.3, 0.4) is 0 Å². The number of hydrogen-bond acceptors (Lipinski definition) is 1. The Labute approximate surface area is 143 Å².